The van der Waals surface area contributed by atoms with Gasteiger partial charge in [0.2, 0.25) is 0 Å². The molecule has 13 heavy (non-hydrogen) atoms. The molecule has 3 heteroatoms. The zero-order chi connectivity index (χ0) is 10.5. The molecule has 0 aromatic rings. The largest absolute Gasteiger partial charge is 0.465 e. The molecule has 76 valence electrons. The molecule has 3 nitrogen and oxygen atoms in total. The molecule has 0 aromatic carbocycles. The first kappa shape index (κ1) is 12.1. The fraction of sp³-hybridized carbons (Fsp3) is 0.800. The molecule has 0 bridgehead atoms. The molecular formula is C10H18O3. The zero-order valence-electron chi connectivity index (χ0n) is 8.79. The molecule has 0 radical (unpaired) electrons. The van der Waals surface area contributed by atoms with Crippen LogP contribution in [0.2, 0.25) is 0 Å². The Hall–Kier alpha value is -0.860. The Morgan fingerprint density at radius 2 is 2.08 bits per heavy atom. The number of ether oxygens (including phenoxy) is 1. The Bertz CT molecular complexity index is 187. The average molecular weight is 186 g/mol. The van der Waals surface area contributed by atoms with Gasteiger partial charge in [0.1, 0.15) is 11.7 Å². The monoisotopic (exact) mass is 186 g/mol. The van der Waals surface area contributed by atoms with Gasteiger partial charge in [-0.3, -0.25) is 4.79 Å². The van der Waals surface area contributed by atoms with E-state index in [2.05, 4.69) is 0 Å². The Kier molecular flexibility index (Phi) is 4.67. The predicted molar refractivity (Wildman–Crippen MR) is 50.3 cm³/mol. The van der Waals surface area contributed by atoms with Crippen molar-refractivity contribution in [1.29, 1.82) is 0 Å². The quantitative estimate of drug-likeness (QED) is 0.373. The van der Waals surface area contributed by atoms with Crippen LogP contribution in [0, 0.1) is 11.3 Å². The lowest BCUT2D eigenvalue weighted by Gasteiger charge is -2.22. The van der Waals surface area contributed by atoms with E-state index in [1.54, 1.807) is 13.8 Å². The third kappa shape index (κ3) is 3.57. The van der Waals surface area contributed by atoms with Crippen LogP contribution in [0.3, 0.4) is 0 Å². The van der Waals surface area contributed by atoms with Crippen LogP contribution < -0.4 is 0 Å². The lowest BCUT2D eigenvalue weighted by Crippen LogP contribution is -2.32. The molecule has 0 aliphatic rings. The highest BCUT2D eigenvalue weighted by Gasteiger charge is 2.34. The van der Waals surface area contributed by atoms with Crippen molar-refractivity contribution in [3.63, 3.8) is 0 Å². The van der Waals surface area contributed by atoms with E-state index in [9.17, 15) is 9.59 Å². The summed E-state index contributed by atoms with van der Waals surface area (Å²) in [5.74, 6) is -0.113. The fourth-order valence-corrected chi connectivity index (χ4v) is 1.32. The molecule has 0 saturated carbocycles. The number of carbonyl (C=O) groups is 2. The Morgan fingerprint density at radius 3 is 2.38 bits per heavy atom. The van der Waals surface area contributed by atoms with E-state index in [0.29, 0.717) is 25.2 Å². The summed E-state index contributed by atoms with van der Waals surface area (Å²) in [6, 6.07) is 0. The zero-order valence-corrected chi connectivity index (χ0v) is 8.79. The molecule has 0 amide bonds. The van der Waals surface area contributed by atoms with Gasteiger partial charge in [-0.15, -0.1) is 0 Å². The molecule has 0 heterocycles. The molecule has 1 unspecified atom stereocenters. The summed E-state index contributed by atoms with van der Waals surface area (Å²) < 4.78 is 4.83. The second kappa shape index (κ2) is 5.00. The molecular weight excluding hydrogens is 168 g/mol. The summed E-state index contributed by atoms with van der Waals surface area (Å²) in [4.78, 5) is 22.2. The normalized spacial score (nSPS) is 15.2. The summed E-state index contributed by atoms with van der Waals surface area (Å²) >= 11 is 0. The fourth-order valence-electron chi connectivity index (χ4n) is 1.32. The molecule has 0 aromatic heterocycles. The lowest BCUT2D eigenvalue weighted by atomic mass is 9.83. The lowest BCUT2D eigenvalue weighted by molar-refractivity contribution is -0.156. The van der Waals surface area contributed by atoms with Crippen LogP contribution in [0.15, 0.2) is 0 Å². The Balaban J connectivity index is 4.42. The number of rotatable bonds is 5. The van der Waals surface area contributed by atoms with Crippen LogP contribution in [0.4, 0.5) is 0 Å². The molecule has 0 fully saturated rings. The Labute approximate surface area is 79.5 Å². The maximum atomic E-state index is 11.4. The van der Waals surface area contributed by atoms with Crippen molar-refractivity contribution in [3.8, 4) is 0 Å². The van der Waals surface area contributed by atoms with E-state index >= 15 is 0 Å². The van der Waals surface area contributed by atoms with Gasteiger partial charge in [-0.25, -0.2) is 0 Å². The minimum atomic E-state index is -0.968. The molecule has 1 atom stereocenters. The van der Waals surface area contributed by atoms with E-state index in [-0.39, 0.29) is 0 Å². The van der Waals surface area contributed by atoms with Crippen molar-refractivity contribution < 1.29 is 14.3 Å². The standard InChI is InChI=1S/C10H18O3/c1-5-13-9(12)10(4,7-11)6-8(2)3/h7-8H,5-6H2,1-4H3. The molecule has 0 saturated heterocycles. The van der Waals surface area contributed by atoms with Crippen molar-refractivity contribution in [2.24, 2.45) is 11.3 Å². The van der Waals surface area contributed by atoms with Gasteiger partial charge in [-0.1, -0.05) is 13.8 Å². The van der Waals surface area contributed by atoms with Crippen LogP contribution in [0.25, 0.3) is 0 Å². The summed E-state index contributed by atoms with van der Waals surface area (Å²) in [5.41, 5.74) is -0.968. The summed E-state index contributed by atoms with van der Waals surface area (Å²) in [5, 5.41) is 0. The number of esters is 1. The Morgan fingerprint density at radius 1 is 1.54 bits per heavy atom. The molecule has 0 spiro atoms. The van der Waals surface area contributed by atoms with Gasteiger partial charge in [0.05, 0.1) is 6.61 Å². The maximum Gasteiger partial charge on any atom is 0.319 e. The first-order valence-corrected chi connectivity index (χ1v) is 4.59. The summed E-state index contributed by atoms with van der Waals surface area (Å²) in [7, 11) is 0. The molecule has 0 N–H and O–H groups in total. The smallest absolute Gasteiger partial charge is 0.319 e. The maximum absolute atomic E-state index is 11.4. The van der Waals surface area contributed by atoms with Gasteiger partial charge in [0.15, 0.2) is 0 Å². The van der Waals surface area contributed by atoms with Gasteiger partial charge in [0.25, 0.3) is 0 Å². The molecule has 0 rings (SSSR count). The van der Waals surface area contributed by atoms with E-state index < -0.39 is 11.4 Å². The minimum absolute atomic E-state index is 0.305. The van der Waals surface area contributed by atoms with Crippen molar-refractivity contribution in [2.75, 3.05) is 6.61 Å². The van der Waals surface area contributed by atoms with Gasteiger partial charge >= 0.3 is 5.97 Å². The van der Waals surface area contributed by atoms with Gasteiger partial charge in [-0.05, 0) is 26.2 Å². The summed E-state index contributed by atoms with van der Waals surface area (Å²) in [6.07, 6.45) is 1.22. The number of hydrogen-bond acceptors (Lipinski definition) is 3. The average Bonchev–Trinajstić information content (AvgIpc) is 2.03. The van der Waals surface area contributed by atoms with E-state index in [0.717, 1.165) is 0 Å². The summed E-state index contributed by atoms with van der Waals surface area (Å²) in [6.45, 7) is 7.62. The first-order chi connectivity index (χ1) is 5.96. The SMILES string of the molecule is CCOC(=O)C(C)(C=O)CC(C)C. The first-order valence-electron chi connectivity index (χ1n) is 4.59. The van der Waals surface area contributed by atoms with Crippen LogP contribution in [0.5, 0.6) is 0 Å². The highest BCUT2D eigenvalue weighted by atomic mass is 16.5. The third-order valence-corrected chi connectivity index (χ3v) is 1.83. The van der Waals surface area contributed by atoms with E-state index in [1.165, 1.54) is 0 Å². The number of carbonyl (C=O) groups excluding carboxylic acids is 2. The van der Waals surface area contributed by atoms with Crippen molar-refractivity contribution >= 4 is 12.3 Å². The second-order valence-electron chi connectivity index (χ2n) is 3.85. The number of aldehydes is 1. The topological polar surface area (TPSA) is 43.4 Å². The third-order valence-electron chi connectivity index (χ3n) is 1.83. The molecule has 0 aliphatic carbocycles. The predicted octanol–water partition coefficient (Wildman–Crippen LogP) is 1.80. The number of hydrogen-bond donors (Lipinski definition) is 0. The minimum Gasteiger partial charge on any atom is -0.465 e. The van der Waals surface area contributed by atoms with Crippen molar-refractivity contribution in [1.82, 2.24) is 0 Å². The van der Waals surface area contributed by atoms with E-state index in [4.69, 9.17) is 4.74 Å². The van der Waals surface area contributed by atoms with E-state index in [1.807, 2.05) is 13.8 Å². The van der Waals surface area contributed by atoms with Crippen LogP contribution >= 0.6 is 0 Å². The van der Waals surface area contributed by atoms with Gasteiger partial charge in [0, 0.05) is 0 Å². The highest BCUT2D eigenvalue weighted by molar-refractivity contribution is 5.92. The van der Waals surface area contributed by atoms with Gasteiger partial charge < -0.3 is 9.53 Å². The second-order valence-corrected chi connectivity index (χ2v) is 3.85. The van der Waals surface area contributed by atoms with Crippen molar-refractivity contribution in [2.45, 2.75) is 34.1 Å². The molecule has 0 aliphatic heterocycles. The van der Waals surface area contributed by atoms with Crippen LogP contribution in [-0.2, 0) is 14.3 Å². The van der Waals surface area contributed by atoms with Crippen LogP contribution in [0.1, 0.15) is 34.1 Å². The van der Waals surface area contributed by atoms with Crippen molar-refractivity contribution in [3.05, 3.63) is 0 Å². The van der Waals surface area contributed by atoms with Crippen LogP contribution in [-0.4, -0.2) is 18.9 Å². The highest BCUT2D eigenvalue weighted by Crippen LogP contribution is 2.25. The van der Waals surface area contributed by atoms with Gasteiger partial charge in [-0.2, -0.15) is 0 Å².